The standard InChI is InChI=1S/C42H61N7O11S/c1-27-19-21-32(22-20-27)61(56,57)49-40(43)44-25-13-18-33(48-41(55)60-42(4,5)6)37(52)45-28(2)36(51)47-34(23-24-35(50)59-31-16-11-8-12-17-31)38(53)46-29(3)39(54)58-26-30-14-9-7-10-15-30/h7,9-10,14-15,19-22,28-29,31,33-34H,8,11-13,16-18,23-26H2,1-6H3,(H,45,52)(H,46,53)(H,47,51)(H,48,55)(H3,43,44,49)/t28-,29-,33+,34+/m1/s1. The lowest BCUT2D eigenvalue weighted by Crippen LogP contribution is -2.57. The highest BCUT2D eigenvalue weighted by atomic mass is 32.2. The molecule has 0 aliphatic heterocycles. The van der Waals surface area contributed by atoms with Gasteiger partial charge in [-0.05, 0) is 104 Å². The summed E-state index contributed by atoms with van der Waals surface area (Å²) >= 11 is 0. The van der Waals surface area contributed by atoms with E-state index in [0.717, 1.165) is 43.2 Å². The summed E-state index contributed by atoms with van der Waals surface area (Å²) in [5.41, 5.74) is 6.55. The third-order valence-electron chi connectivity index (χ3n) is 9.32. The van der Waals surface area contributed by atoms with E-state index in [9.17, 15) is 37.2 Å². The maximum absolute atomic E-state index is 13.6. The molecule has 4 atom stereocenters. The molecule has 2 aromatic carbocycles. The van der Waals surface area contributed by atoms with E-state index in [1.807, 2.05) is 13.0 Å². The van der Waals surface area contributed by atoms with Gasteiger partial charge >= 0.3 is 18.0 Å². The molecule has 0 spiro atoms. The summed E-state index contributed by atoms with van der Waals surface area (Å²) in [4.78, 5) is 82.9. The van der Waals surface area contributed by atoms with Crippen molar-refractivity contribution in [2.45, 2.75) is 147 Å². The van der Waals surface area contributed by atoms with E-state index in [-0.39, 0.29) is 55.8 Å². The fourth-order valence-corrected chi connectivity index (χ4v) is 6.97. The summed E-state index contributed by atoms with van der Waals surface area (Å²) in [6.07, 6.45) is 3.00. The summed E-state index contributed by atoms with van der Waals surface area (Å²) in [6.45, 7) is 9.45. The second-order valence-corrected chi connectivity index (χ2v) is 17.6. The number of alkyl carbamates (subject to hydrolysis) is 1. The zero-order chi connectivity index (χ0) is 45.2. The number of carbonyl (C=O) groups excluding carboxylic acids is 6. The van der Waals surface area contributed by atoms with Gasteiger partial charge in [-0.15, -0.1) is 0 Å². The molecule has 0 saturated heterocycles. The van der Waals surface area contributed by atoms with Gasteiger partial charge in [-0.2, -0.15) is 0 Å². The first-order valence-electron chi connectivity index (χ1n) is 20.4. The van der Waals surface area contributed by atoms with Crippen molar-refractivity contribution in [3.8, 4) is 0 Å². The van der Waals surface area contributed by atoms with Crippen LogP contribution in [-0.4, -0.2) is 92.5 Å². The molecular formula is C42H61N7O11S. The SMILES string of the molecule is Cc1ccc(S(=O)(=O)NC(N)=NCCC[C@H](NC(=O)OC(C)(C)C)C(=O)N[C@H](C)C(=O)N[C@@H](CCC(=O)OC2CCCCC2)C(=O)N[C@H](C)C(=O)OCc2ccccc2)cc1. The Bertz CT molecular complexity index is 1930. The fraction of sp³-hybridized carbons (Fsp3) is 0.548. The van der Waals surface area contributed by atoms with E-state index in [0.29, 0.717) is 0 Å². The van der Waals surface area contributed by atoms with E-state index >= 15 is 0 Å². The molecule has 336 valence electrons. The number of ether oxygens (including phenoxy) is 3. The second-order valence-electron chi connectivity index (χ2n) is 15.9. The molecule has 18 nitrogen and oxygen atoms in total. The predicted molar refractivity (Wildman–Crippen MR) is 226 cm³/mol. The first-order chi connectivity index (χ1) is 28.7. The largest absolute Gasteiger partial charge is 0.462 e. The van der Waals surface area contributed by atoms with E-state index in [1.165, 1.54) is 26.0 Å². The Balaban J connectivity index is 1.66. The number of aryl methyl sites for hydroxylation is 1. The lowest BCUT2D eigenvalue weighted by molar-refractivity contribution is -0.151. The van der Waals surface area contributed by atoms with E-state index in [4.69, 9.17) is 19.9 Å². The number of rotatable bonds is 20. The minimum Gasteiger partial charge on any atom is -0.462 e. The highest BCUT2D eigenvalue weighted by Crippen LogP contribution is 2.21. The van der Waals surface area contributed by atoms with Crippen molar-refractivity contribution in [1.82, 2.24) is 26.0 Å². The number of nitrogens with two attached hydrogens (primary N) is 1. The van der Waals surface area contributed by atoms with Gasteiger partial charge in [0.25, 0.3) is 10.0 Å². The Kier molecular flexibility index (Phi) is 19.5. The third kappa shape index (κ3) is 18.6. The molecule has 1 saturated carbocycles. The molecule has 0 heterocycles. The number of aliphatic imine (C=N–C) groups is 1. The first kappa shape index (κ1) is 49.6. The van der Waals surface area contributed by atoms with Gasteiger partial charge in [0.15, 0.2) is 0 Å². The fourth-order valence-electron chi connectivity index (χ4n) is 6.02. The van der Waals surface area contributed by atoms with Crippen LogP contribution in [0.5, 0.6) is 0 Å². The van der Waals surface area contributed by atoms with Crippen molar-refractivity contribution >= 4 is 51.7 Å². The topological polar surface area (TPSA) is 263 Å². The smallest absolute Gasteiger partial charge is 0.408 e. The Morgan fingerprint density at radius 3 is 2.03 bits per heavy atom. The molecule has 7 N–H and O–H groups in total. The van der Waals surface area contributed by atoms with Gasteiger partial charge < -0.3 is 41.2 Å². The third-order valence-corrected chi connectivity index (χ3v) is 10.7. The lowest BCUT2D eigenvalue weighted by Gasteiger charge is -2.26. The van der Waals surface area contributed by atoms with Gasteiger partial charge in [0.2, 0.25) is 23.7 Å². The maximum atomic E-state index is 13.6. The van der Waals surface area contributed by atoms with Gasteiger partial charge in [0.05, 0.1) is 4.90 Å². The number of hydrogen-bond acceptors (Lipinski definition) is 12. The minimum atomic E-state index is -4.00. The Morgan fingerprint density at radius 1 is 0.803 bits per heavy atom. The molecule has 0 unspecified atom stereocenters. The van der Waals surface area contributed by atoms with Gasteiger partial charge in [0, 0.05) is 13.0 Å². The number of amides is 4. The van der Waals surface area contributed by atoms with Crippen molar-refractivity contribution in [1.29, 1.82) is 0 Å². The number of benzene rings is 2. The lowest BCUT2D eigenvalue weighted by atomic mass is 9.98. The molecule has 61 heavy (non-hydrogen) atoms. The minimum absolute atomic E-state index is 0.00870. The first-order valence-corrected chi connectivity index (χ1v) is 21.9. The number of esters is 2. The van der Waals surface area contributed by atoms with Gasteiger partial charge in [-0.25, -0.2) is 22.7 Å². The molecule has 1 aliphatic rings. The highest BCUT2D eigenvalue weighted by Gasteiger charge is 2.31. The van der Waals surface area contributed by atoms with Crippen LogP contribution in [0.2, 0.25) is 0 Å². The summed E-state index contributed by atoms with van der Waals surface area (Å²) in [7, 11) is -4.00. The molecular weight excluding hydrogens is 811 g/mol. The van der Waals surface area contributed by atoms with E-state index in [1.54, 1.807) is 57.2 Å². The molecule has 3 rings (SSSR count). The van der Waals surface area contributed by atoms with Crippen LogP contribution in [0.1, 0.15) is 104 Å². The predicted octanol–water partition coefficient (Wildman–Crippen LogP) is 3.16. The number of nitrogens with one attached hydrogen (secondary N) is 5. The Morgan fingerprint density at radius 2 is 1.41 bits per heavy atom. The zero-order valence-electron chi connectivity index (χ0n) is 35.8. The van der Waals surface area contributed by atoms with Gasteiger partial charge in [-0.3, -0.25) is 24.2 Å². The summed E-state index contributed by atoms with van der Waals surface area (Å²) in [5, 5.41) is 10.1. The Labute approximate surface area is 357 Å². The molecule has 1 aliphatic carbocycles. The average Bonchev–Trinajstić information content (AvgIpc) is 3.19. The van der Waals surface area contributed by atoms with Crippen molar-refractivity contribution < 1.29 is 51.4 Å². The quantitative estimate of drug-likeness (QED) is 0.0369. The maximum Gasteiger partial charge on any atom is 0.408 e. The summed E-state index contributed by atoms with van der Waals surface area (Å²) in [5.74, 6) is -4.00. The molecule has 0 radical (unpaired) electrons. The zero-order valence-corrected chi connectivity index (χ0v) is 36.6. The molecule has 4 amide bonds. The number of sulfonamides is 1. The van der Waals surface area contributed by atoms with Crippen molar-refractivity contribution in [2.24, 2.45) is 10.7 Å². The van der Waals surface area contributed by atoms with Crippen molar-refractivity contribution in [3.63, 3.8) is 0 Å². The van der Waals surface area contributed by atoms with Crippen LogP contribution in [0.15, 0.2) is 64.5 Å². The normalized spacial score (nSPS) is 15.5. The van der Waals surface area contributed by atoms with Crippen LogP contribution in [-0.2, 0) is 54.8 Å². The summed E-state index contributed by atoms with van der Waals surface area (Å²) < 4.78 is 43.8. The van der Waals surface area contributed by atoms with Crippen LogP contribution >= 0.6 is 0 Å². The van der Waals surface area contributed by atoms with Crippen molar-refractivity contribution in [3.05, 3.63) is 65.7 Å². The number of carbonyl (C=O) groups is 6. The Hall–Kier alpha value is -5.72. The van der Waals surface area contributed by atoms with E-state index in [2.05, 4.69) is 31.0 Å². The number of nitrogens with zero attached hydrogens (tertiary/aromatic N) is 1. The van der Waals surface area contributed by atoms with E-state index < -0.39 is 75.5 Å². The van der Waals surface area contributed by atoms with Crippen LogP contribution in [0.25, 0.3) is 0 Å². The molecule has 19 heteroatoms. The van der Waals surface area contributed by atoms with Crippen LogP contribution < -0.4 is 31.7 Å². The molecule has 0 aromatic heterocycles. The van der Waals surface area contributed by atoms with Gasteiger partial charge in [-0.1, -0.05) is 54.4 Å². The number of guanidine groups is 1. The molecule has 1 fully saturated rings. The highest BCUT2D eigenvalue weighted by molar-refractivity contribution is 7.90. The van der Waals surface area contributed by atoms with Crippen LogP contribution in [0.4, 0.5) is 4.79 Å². The van der Waals surface area contributed by atoms with Gasteiger partial charge in [0.1, 0.15) is 42.5 Å². The monoisotopic (exact) mass is 871 g/mol. The molecule has 0 bridgehead atoms. The second kappa shape index (κ2) is 23.9. The van der Waals surface area contributed by atoms with Crippen LogP contribution in [0, 0.1) is 6.92 Å². The van der Waals surface area contributed by atoms with Crippen molar-refractivity contribution in [2.75, 3.05) is 6.54 Å². The summed E-state index contributed by atoms with van der Waals surface area (Å²) in [6, 6.07) is 10.1. The molecule has 2 aromatic rings. The average molecular weight is 872 g/mol. The van der Waals surface area contributed by atoms with Crippen LogP contribution in [0.3, 0.4) is 0 Å². The number of hydrogen-bond donors (Lipinski definition) is 6.